The van der Waals surface area contributed by atoms with Crippen molar-refractivity contribution in [3.05, 3.63) is 18.0 Å². The number of carboxylic acids is 1. The minimum absolute atomic E-state index is 0.250. The van der Waals surface area contributed by atoms with Crippen LogP contribution in [0.25, 0.3) is 0 Å². The summed E-state index contributed by atoms with van der Waals surface area (Å²) in [6.07, 6.45) is 3.33. The zero-order chi connectivity index (χ0) is 17.3. The van der Waals surface area contributed by atoms with Crippen molar-refractivity contribution in [1.29, 1.82) is 0 Å². The lowest BCUT2D eigenvalue weighted by Crippen LogP contribution is -2.46. The number of rotatable bonds is 3. The van der Waals surface area contributed by atoms with Crippen LogP contribution in [0.3, 0.4) is 0 Å². The molecular formula is C15H23N3O5. The zero-order valence-electron chi connectivity index (χ0n) is 13.7. The number of likely N-dealkylation sites (tertiary alicyclic amines) is 1. The Morgan fingerprint density at radius 3 is 2.48 bits per heavy atom. The first-order valence-electron chi connectivity index (χ1n) is 7.54. The van der Waals surface area contributed by atoms with Gasteiger partial charge in [-0.25, -0.2) is 4.79 Å². The van der Waals surface area contributed by atoms with Gasteiger partial charge in [0.15, 0.2) is 0 Å². The maximum absolute atomic E-state index is 12.0. The predicted molar refractivity (Wildman–Crippen MR) is 80.8 cm³/mol. The molecule has 1 amide bonds. The third-order valence-electron chi connectivity index (χ3n) is 3.71. The molecule has 128 valence electrons. The molecule has 2 heterocycles. The molecule has 1 aliphatic rings. The van der Waals surface area contributed by atoms with E-state index in [0.29, 0.717) is 31.5 Å². The average Bonchev–Trinajstić information content (AvgIpc) is 2.85. The molecule has 0 radical (unpaired) electrons. The molecule has 0 spiro atoms. The number of carbonyl (C=O) groups excluding carboxylic acids is 1. The summed E-state index contributed by atoms with van der Waals surface area (Å²) in [5, 5.41) is 23.5. The average molecular weight is 325 g/mol. The van der Waals surface area contributed by atoms with E-state index in [1.807, 2.05) is 20.8 Å². The monoisotopic (exact) mass is 325 g/mol. The summed E-state index contributed by atoms with van der Waals surface area (Å²) in [4.78, 5) is 24.3. The van der Waals surface area contributed by atoms with Crippen molar-refractivity contribution in [2.75, 3.05) is 13.1 Å². The SMILES string of the molecule is CC(C)(C)OC(=O)N1CCC(O)(c2cnn(CC(=O)O)c2)CC1. The Hall–Kier alpha value is -2.09. The Morgan fingerprint density at radius 1 is 1.35 bits per heavy atom. The summed E-state index contributed by atoms with van der Waals surface area (Å²) >= 11 is 0. The zero-order valence-corrected chi connectivity index (χ0v) is 13.7. The highest BCUT2D eigenvalue weighted by Gasteiger charge is 2.37. The number of carbonyl (C=O) groups is 2. The van der Waals surface area contributed by atoms with Crippen molar-refractivity contribution in [3.8, 4) is 0 Å². The second-order valence-electron chi connectivity index (χ2n) is 6.82. The number of nitrogens with zero attached hydrogens (tertiary/aromatic N) is 3. The first-order chi connectivity index (χ1) is 10.6. The van der Waals surface area contributed by atoms with Crippen LogP contribution < -0.4 is 0 Å². The largest absolute Gasteiger partial charge is 0.480 e. The second kappa shape index (κ2) is 6.19. The summed E-state index contributed by atoms with van der Waals surface area (Å²) < 4.78 is 6.60. The number of amides is 1. The highest BCUT2D eigenvalue weighted by molar-refractivity contribution is 5.68. The van der Waals surface area contributed by atoms with E-state index in [1.165, 1.54) is 17.1 Å². The number of carboxylic acid groups (broad SMARTS) is 1. The third-order valence-corrected chi connectivity index (χ3v) is 3.71. The van der Waals surface area contributed by atoms with Crippen LogP contribution in [0.15, 0.2) is 12.4 Å². The smallest absolute Gasteiger partial charge is 0.410 e. The molecule has 1 aromatic heterocycles. The molecular weight excluding hydrogens is 302 g/mol. The van der Waals surface area contributed by atoms with Crippen molar-refractivity contribution >= 4 is 12.1 Å². The molecule has 8 heteroatoms. The number of aliphatic carboxylic acids is 1. The van der Waals surface area contributed by atoms with Crippen LogP contribution in [0.4, 0.5) is 4.79 Å². The lowest BCUT2D eigenvalue weighted by Gasteiger charge is -2.38. The van der Waals surface area contributed by atoms with Crippen molar-refractivity contribution in [1.82, 2.24) is 14.7 Å². The van der Waals surface area contributed by atoms with Gasteiger partial charge >= 0.3 is 12.1 Å². The Morgan fingerprint density at radius 2 is 1.96 bits per heavy atom. The Kier molecular flexibility index (Phi) is 4.65. The van der Waals surface area contributed by atoms with Crippen molar-refractivity contribution < 1.29 is 24.5 Å². The minimum atomic E-state index is -1.10. The first-order valence-corrected chi connectivity index (χ1v) is 7.54. The lowest BCUT2D eigenvalue weighted by molar-refractivity contribution is -0.137. The normalized spacial score (nSPS) is 17.8. The molecule has 23 heavy (non-hydrogen) atoms. The van der Waals surface area contributed by atoms with E-state index in [4.69, 9.17) is 9.84 Å². The van der Waals surface area contributed by atoms with E-state index in [1.54, 1.807) is 4.90 Å². The summed E-state index contributed by atoms with van der Waals surface area (Å²) in [5.41, 5.74) is -1.08. The van der Waals surface area contributed by atoms with Gasteiger partial charge in [0, 0.05) is 24.8 Å². The standard InChI is InChI=1S/C15H23N3O5/c1-14(2,3)23-13(21)17-6-4-15(22,5-7-17)11-8-16-18(9-11)10-12(19)20/h8-9,22H,4-7,10H2,1-3H3,(H,19,20). The first kappa shape index (κ1) is 17.3. The van der Waals surface area contributed by atoms with Crippen molar-refractivity contribution in [2.45, 2.75) is 51.4 Å². The van der Waals surface area contributed by atoms with Gasteiger partial charge in [-0.2, -0.15) is 5.10 Å². The molecule has 8 nitrogen and oxygen atoms in total. The van der Waals surface area contributed by atoms with Gasteiger partial charge in [0.25, 0.3) is 0 Å². The number of hydrogen-bond donors (Lipinski definition) is 2. The highest BCUT2D eigenvalue weighted by atomic mass is 16.6. The van der Waals surface area contributed by atoms with E-state index >= 15 is 0 Å². The van der Waals surface area contributed by atoms with Gasteiger partial charge in [-0.15, -0.1) is 0 Å². The van der Waals surface area contributed by atoms with E-state index < -0.39 is 17.2 Å². The number of ether oxygens (including phenoxy) is 1. The Labute approximate surface area is 134 Å². The fourth-order valence-electron chi connectivity index (χ4n) is 2.50. The number of piperidine rings is 1. The van der Waals surface area contributed by atoms with E-state index in [0.717, 1.165) is 0 Å². The van der Waals surface area contributed by atoms with E-state index in [-0.39, 0.29) is 12.6 Å². The predicted octanol–water partition coefficient (Wildman–Crippen LogP) is 1.19. The van der Waals surface area contributed by atoms with Gasteiger partial charge in [-0.05, 0) is 33.6 Å². The molecule has 0 saturated carbocycles. The maximum Gasteiger partial charge on any atom is 0.410 e. The van der Waals surface area contributed by atoms with Gasteiger partial charge < -0.3 is 19.8 Å². The quantitative estimate of drug-likeness (QED) is 0.865. The minimum Gasteiger partial charge on any atom is -0.480 e. The molecule has 2 rings (SSSR count). The highest BCUT2D eigenvalue weighted by Crippen LogP contribution is 2.33. The van der Waals surface area contributed by atoms with Crippen molar-refractivity contribution in [2.24, 2.45) is 0 Å². The molecule has 0 unspecified atom stereocenters. The fourth-order valence-corrected chi connectivity index (χ4v) is 2.50. The summed E-state index contributed by atoms with van der Waals surface area (Å²) in [6, 6.07) is 0. The van der Waals surface area contributed by atoms with Gasteiger partial charge in [-0.1, -0.05) is 0 Å². The lowest BCUT2D eigenvalue weighted by atomic mass is 9.86. The van der Waals surface area contributed by atoms with E-state index in [9.17, 15) is 14.7 Å². The van der Waals surface area contributed by atoms with Gasteiger partial charge in [-0.3, -0.25) is 9.48 Å². The Bertz CT molecular complexity index is 582. The second-order valence-corrected chi connectivity index (χ2v) is 6.82. The summed E-state index contributed by atoms with van der Waals surface area (Å²) in [6.45, 7) is 5.91. The van der Waals surface area contributed by atoms with Crippen LogP contribution in [0.2, 0.25) is 0 Å². The molecule has 0 atom stereocenters. The molecule has 1 fully saturated rings. The molecule has 0 bridgehead atoms. The fraction of sp³-hybridized carbons (Fsp3) is 0.667. The van der Waals surface area contributed by atoms with Crippen LogP contribution in [-0.2, 0) is 21.7 Å². The topological polar surface area (TPSA) is 105 Å². The molecule has 2 N–H and O–H groups in total. The van der Waals surface area contributed by atoms with Crippen LogP contribution >= 0.6 is 0 Å². The van der Waals surface area contributed by atoms with Crippen molar-refractivity contribution in [3.63, 3.8) is 0 Å². The molecule has 1 aliphatic heterocycles. The number of aromatic nitrogens is 2. The maximum atomic E-state index is 12.0. The van der Waals surface area contributed by atoms with Gasteiger partial charge in [0.05, 0.1) is 11.8 Å². The summed E-state index contributed by atoms with van der Waals surface area (Å²) in [5.74, 6) is -0.994. The molecule has 1 aromatic rings. The third kappa shape index (κ3) is 4.44. The van der Waals surface area contributed by atoms with Crippen LogP contribution in [-0.4, -0.2) is 55.6 Å². The van der Waals surface area contributed by atoms with Gasteiger partial charge in [0.2, 0.25) is 0 Å². The molecule has 1 saturated heterocycles. The molecule has 0 aromatic carbocycles. The van der Waals surface area contributed by atoms with Crippen LogP contribution in [0.5, 0.6) is 0 Å². The van der Waals surface area contributed by atoms with Crippen LogP contribution in [0.1, 0.15) is 39.2 Å². The van der Waals surface area contributed by atoms with Gasteiger partial charge in [0.1, 0.15) is 12.1 Å². The Balaban J connectivity index is 1.98. The summed E-state index contributed by atoms with van der Waals surface area (Å²) in [7, 11) is 0. The molecule has 0 aliphatic carbocycles. The van der Waals surface area contributed by atoms with Crippen LogP contribution in [0, 0.1) is 0 Å². The number of aliphatic hydroxyl groups is 1. The number of hydrogen-bond acceptors (Lipinski definition) is 5. The van der Waals surface area contributed by atoms with E-state index in [2.05, 4.69) is 5.10 Å².